The lowest BCUT2D eigenvalue weighted by Gasteiger charge is -2.07. The molecule has 0 fully saturated rings. The van der Waals surface area contributed by atoms with Crippen LogP contribution in [0.25, 0.3) is 10.9 Å². The van der Waals surface area contributed by atoms with Gasteiger partial charge < -0.3 is 9.30 Å². The Kier molecular flexibility index (Phi) is 3.62. The first kappa shape index (κ1) is 13.6. The minimum absolute atomic E-state index is 0.0351. The Balaban J connectivity index is 1.67. The summed E-state index contributed by atoms with van der Waals surface area (Å²) in [6, 6.07) is 7.77. The van der Waals surface area contributed by atoms with E-state index in [1.165, 1.54) is 11.3 Å². The number of anilines is 1. The molecule has 0 saturated carbocycles. The molecule has 0 bridgehead atoms. The van der Waals surface area contributed by atoms with Gasteiger partial charge in [0.15, 0.2) is 11.7 Å². The predicted octanol–water partition coefficient (Wildman–Crippen LogP) is 2.96. The zero-order valence-corrected chi connectivity index (χ0v) is 12.6. The lowest BCUT2D eigenvalue weighted by Crippen LogP contribution is -2.20. The number of aryl methyl sites for hydroxylation is 2. The van der Waals surface area contributed by atoms with Crippen LogP contribution in [-0.4, -0.2) is 22.1 Å². The number of thiazole rings is 1. The molecule has 0 spiro atoms. The van der Waals surface area contributed by atoms with Crippen molar-refractivity contribution in [3.8, 4) is 5.75 Å². The maximum atomic E-state index is 11.9. The van der Waals surface area contributed by atoms with Crippen LogP contribution in [0.15, 0.2) is 36.7 Å². The molecule has 0 radical (unpaired) electrons. The number of nitrogens with one attached hydrogen (secondary N) is 1. The number of hydrogen-bond acceptors (Lipinski definition) is 4. The maximum Gasteiger partial charge on any atom is 0.264 e. The molecular weight excluding hydrogens is 286 g/mol. The molecule has 0 saturated heterocycles. The van der Waals surface area contributed by atoms with E-state index in [0.29, 0.717) is 10.9 Å². The first-order valence-corrected chi connectivity index (χ1v) is 7.34. The molecule has 1 aromatic carbocycles. The second-order valence-electron chi connectivity index (χ2n) is 4.73. The number of nitrogens with zero attached hydrogens (tertiary/aromatic N) is 2. The van der Waals surface area contributed by atoms with Crippen LogP contribution >= 0.6 is 11.3 Å². The highest BCUT2D eigenvalue weighted by atomic mass is 32.1. The average molecular weight is 301 g/mol. The van der Waals surface area contributed by atoms with E-state index in [2.05, 4.69) is 10.3 Å². The second-order valence-corrected chi connectivity index (χ2v) is 5.96. The lowest BCUT2D eigenvalue weighted by atomic mass is 10.2. The molecule has 5 nitrogen and oxygen atoms in total. The molecule has 108 valence electrons. The van der Waals surface area contributed by atoms with Crippen molar-refractivity contribution < 1.29 is 9.53 Å². The zero-order valence-electron chi connectivity index (χ0n) is 11.8. The second kappa shape index (κ2) is 5.57. The van der Waals surface area contributed by atoms with Gasteiger partial charge in [-0.3, -0.25) is 10.1 Å². The third kappa shape index (κ3) is 2.90. The topological polar surface area (TPSA) is 56.1 Å². The molecular formula is C15H15N3O2S. The van der Waals surface area contributed by atoms with Gasteiger partial charge in [-0.05, 0) is 25.1 Å². The largest absolute Gasteiger partial charge is 0.483 e. The van der Waals surface area contributed by atoms with Gasteiger partial charge in [0, 0.05) is 29.7 Å². The van der Waals surface area contributed by atoms with Gasteiger partial charge in [-0.2, -0.15) is 0 Å². The van der Waals surface area contributed by atoms with E-state index >= 15 is 0 Å². The first-order valence-electron chi connectivity index (χ1n) is 6.52. The number of fused-ring (bicyclic) bond motifs is 1. The summed E-state index contributed by atoms with van der Waals surface area (Å²) in [6.45, 7) is 1.91. The highest BCUT2D eigenvalue weighted by Crippen LogP contribution is 2.26. The Bertz CT molecular complexity index is 791. The van der Waals surface area contributed by atoms with Crippen molar-refractivity contribution in [3.63, 3.8) is 0 Å². The Labute approximate surface area is 126 Å². The van der Waals surface area contributed by atoms with Crippen LogP contribution < -0.4 is 10.1 Å². The first-order chi connectivity index (χ1) is 10.1. The van der Waals surface area contributed by atoms with Crippen LogP contribution in [0.3, 0.4) is 0 Å². The van der Waals surface area contributed by atoms with Crippen molar-refractivity contribution in [2.45, 2.75) is 6.92 Å². The van der Waals surface area contributed by atoms with Crippen LogP contribution in [0.2, 0.25) is 0 Å². The number of hydrogen-bond donors (Lipinski definition) is 1. The summed E-state index contributed by atoms with van der Waals surface area (Å²) in [7, 11) is 1.98. The van der Waals surface area contributed by atoms with E-state index in [-0.39, 0.29) is 12.5 Å². The SMILES string of the molecule is Cc1cnc(NC(=O)COc2cccc3c2ccn3C)s1. The molecule has 6 heteroatoms. The Morgan fingerprint density at radius 1 is 1.43 bits per heavy atom. The van der Waals surface area contributed by atoms with Crippen molar-refractivity contribution in [1.82, 2.24) is 9.55 Å². The van der Waals surface area contributed by atoms with E-state index in [0.717, 1.165) is 15.8 Å². The summed E-state index contributed by atoms with van der Waals surface area (Å²) < 4.78 is 7.64. The van der Waals surface area contributed by atoms with E-state index in [1.807, 2.05) is 49.0 Å². The normalized spacial score (nSPS) is 10.8. The van der Waals surface area contributed by atoms with Gasteiger partial charge in [0.2, 0.25) is 0 Å². The maximum absolute atomic E-state index is 11.9. The molecule has 1 N–H and O–H groups in total. The fraction of sp³-hybridized carbons (Fsp3) is 0.200. The smallest absolute Gasteiger partial charge is 0.264 e. The van der Waals surface area contributed by atoms with Gasteiger partial charge in [-0.15, -0.1) is 11.3 Å². The summed E-state index contributed by atoms with van der Waals surface area (Å²) in [5, 5.41) is 4.32. The van der Waals surface area contributed by atoms with Gasteiger partial charge in [0.05, 0.1) is 5.52 Å². The molecule has 0 atom stereocenters. The molecule has 0 aliphatic heterocycles. The van der Waals surface area contributed by atoms with Crippen LogP contribution in [0.1, 0.15) is 4.88 Å². The van der Waals surface area contributed by atoms with Crippen molar-refractivity contribution in [2.24, 2.45) is 7.05 Å². The summed E-state index contributed by atoms with van der Waals surface area (Å²) in [6.07, 6.45) is 3.70. The molecule has 0 aliphatic carbocycles. The van der Waals surface area contributed by atoms with Gasteiger partial charge in [-0.1, -0.05) is 6.07 Å². The minimum atomic E-state index is -0.211. The number of carbonyl (C=O) groups is 1. The van der Waals surface area contributed by atoms with Crippen LogP contribution in [-0.2, 0) is 11.8 Å². The fourth-order valence-corrected chi connectivity index (χ4v) is 2.79. The highest BCUT2D eigenvalue weighted by Gasteiger charge is 2.09. The molecule has 2 heterocycles. The van der Waals surface area contributed by atoms with Crippen LogP contribution in [0.5, 0.6) is 5.75 Å². The van der Waals surface area contributed by atoms with E-state index in [1.54, 1.807) is 6.20 Å². The van der Waals surface area contributed by atoms with Crippen LogP contribution in [0, 0.1) is 6.92 Å². The van der Waals surface area contributed by atoms with Gasteiger partial charge in [0.25, 0.3) is 5.91 Å². The Morgan fingerprint density at radius 2 is 2.29 bits per heavy atom. The molecule has 1 amide bonds. The summed E-state index contributed by atoms with van der Waals surface area (Å²) in [5.41, 5.74) is 1.07. The number of amides is 1. The third-order valence-corrected chi connectivity index (χ3v) is 3.94. The number of benzene rings is 1. The van der Waals surface area contributed by atoms with Gasteiger partial charge in [-0.25, -0.2) is 4.98 Å². The Morgan fingerprint density at radius 3 is 3.05 bits per heavy atom. The lowest BCUT2D eigenvalue weighted by molar-refractivity contribution is -0.118. The molecule has 2 aromatic heterocycles. The van der Waals surface area contributed by atoms with E-state index < -0.39 is 0 Å². The van der Waals surface area contributed by atoms with Crippen molar-refractivity contribution in [3.05, 3.63) is 41.5 Å². The molecule has 21 heavy (non-hydrogen) atoms. The summed E-state index contributed by atoms with van der Waals surface area (Å²) >= 11 is 1.44. The number of ether oxygens (including phenoxy) is 1. The number of aromatic nitrogens is 2. The number of rotatable bonds is 4. The third-order valence-electron chi connectivity index (χ3n) is 3.11. The molecule has 0 aliphatic rings. The quantitative estimate of drug-likeness (QED) is 0.806. The zero-order chi connectivity index (χ0) is 14.8. The van der Waals surface area contributed by atoms with E-state index in [4.69, 9.17) is 4.74 Å². The minimum Gasteiger partial charge on any atom is -0.483 e. The predicted molar refractivity (Wildman–Crippen MR) is 83.9 cm³/mol. The van der Waals surface area contributed by atoms with Crippen molar-refractivity contribution in [1.29, 1.82) is 0 Å². The number of carbonyl (C=O) groups excluding carboxylic acids is 1. The van der Waals surface area contributed by atoms with Gasteiger partial charge in [0.1, 0.15) is 5.75 Å². The van der Waals surface area contributed by atoms with Gasteiger partial charge >= 0.3 is 0 Å². The molecule has 0 unspecified atom stereocenters. The van der Waals surface area contributed by atoms with Crippen molar-refractivity contribution in [2.75, 3.05) is 11.9 Å². The Hall–Kier alpha value is -2.34. The van der Waals surface area contributed by atoms with E-state index in [9.17, 15) is 4.79 Å². The molecule has 3 aromatic rings. The average Bonchev–Trinajstić information content (AvgIpc) is 3.04. The monoisotopic (exact) mass is 301 g/mol. The summed E-state index contributed by atoms with van der Waals surface area (Å²) in [5.74, 6) is 0.496. The van der Waals surface area contributed by atoms with Crippen molar-refractivity contribution >= 4 is 33.3 Å². The van der Waals surface area contributed by atoms with Crippen LogP contribution in [0.4, 0.5) is 5.13 Å². The summed E-state index contributed by atoms with van der Waals surface area (Å²) in [4.78, 5) is 17.0. The molecule has 3 rings (SSSR count). The highest BCUT2D eigenvalue weighted by molar-refractivity contribution is 7.15. The standard InChI is InChI=1S/C15H15N3O2S/c1-10-8-16-15(21-10)17-14(19)9-20-13-5-3-4-12-11(13)6-7-18(12)2/h3-8H,9H2,1-2H3,(H,16,17,19). The fourth-order valence-electron chi connectivity index (χ4n) is 2.11.